The smallest absolute Gasteiger partial charge is 0.341 e. The lowest BCUT2D eigenvalue weighted by Crippen LogP contribution is -2.45. The quantitative estimate of drug-likeness (QED) is 0.0859. The molecule has 2 aliphatic rings. The topological polar surface area (TPSA) is 162 Å². The number of rotatable bonds is 13. The van der Waals surface area contributed by atoms with E-state index in [0.29, 0.717) is 41.5 Å². The van der Waals surface area contributed by atoms with Crippen LogP contribution in [0.15, 0.2) is 40.6 Å². The Balaban J connectivity index is 1.28. The van der Waals surface area contributed by atoms with Gasteiger partial charge in [-0.1, -0.05) is 6.07 Å². The fraction of sp³-hybridized carbons (Fsp3) is 0.429. The number of hydrogen-bond donors (Lipinski definition) is 4. The first-order valence-corrected chi connectivity index (χ1v) is 17.1. The Kier molecular flexibility index (Phi) is 11.3. The van der Waals surface area contributed by atoms with Crippen molar-refractivity contribution in [1.82, 2.24) is 20.6 Å². The SMILES string of the molecule is CCOC(=O)c1c(-n2c(C)cc(/C=N\N[C@H](O)COc3ccc([C@H]4NC(=O)NC(C)=C4C(=O)OC)cc3OCC)c2C)sc2c1CCCC2. The van der Waals surface area contributed by atoms with Crippen LogP contribution in [0.3, 0.4) is 0 Å². The minimum Gasteiger partial charge on any atom is -0.490 e. The van der Waals surface area contributed by atoms with E-state index in [1.165, 1.54) is 12.0 Å². The number of hydrazone groups is 1. The third kappa shape index (κ3) is 7.60. The van der Waals surface area contributed by atoms with Gasteiger partial charge in [0, 0.05) is 27.5 Å². The molecule has 2 aromatic heterocycles. The minimum atomic E-state index is -1.16. The second-order valence-electron chi connectivity index (χ2n) is 11.7. The number of nitrogens with zero attached hydrogens (tertiary/aromatic N) is 2. The maximum Gasteiger partial charge on any atom is 0.341 e. The summed E-state index contributed by atoms with van der Waals surface area (Å²) in [5.41, 5.74) is 8.40. The van der Waals surface area contributed by atoms with Crippen LogP contribution in [0.25, 0.3) is 5.00 Å². The average molecular weight is 694 g/mol. The van der Waals surface area contributed by atoms with E-state index < -0.39 is 24.3 Å². The zero-order valence-corrected chi connectivity index (χ0v) is 29.4. The molecule has 0 saturated carbocycles. The Morgan fingerprint density at radius 2 is 1.88 bits per heavy atom. The van der Waals surface area contributed by atoms with Crippen molar-refractivity contribution in [2.75, 3.05) is 26.9 Å². The zero-order chi connectivity index (χ0) is 35.2. The lowest BCUT2D eigenvalue weighted by atomic mass is 9.95. The first-order valence-electron chi connectivity index (χ1n) is 16.3. The van der Waals surface area contributed by atoms with Crippen LogP contribution in [-0.4, -0.2) is 67.0 Å². The van der Waals surface area contributed by atoms with E-state index in [1.54, 1.807) is 42.7 Å². The number of urea groups is 1. The molecule has 1 aliphatic heterocycles. The van der Waals surface area contributed by atoms with Crippen LogP contribution in [0.5, 0.6) is 11.5 Å². The zero-order valence-electron chi connectivity index (χ0n) is 28.6. The largest absolute Gasteiger partial charge is 0.490 e. The van der Waals surface area contributed by atoms with Crippen LogP contribution in [-0.2, 0) is 27.1 Å². The molecule has 0 fully saturated rings. The molecule has 4 N–H and O–H groups in total. The van der Waals surface area contributed by atoms with Crippen molar-refractivity contribution in [3.05, 3.63) is 74.1 Å². The molecule has 2 amide bonds. The molecule has 0 unspecified atom stereocenters. The summed E-state index contributed by atoms with van der Waals surface area (Å²) >= 11 is 1.65. The summed E-state index contributed by atoms with van der Waals surface area (Å²) in [6, 6.07) is 5.80. The second kappa shape index (κ2) is 15.6. The number of carbonyl (C=O) groups excluding carboxylic acids is 3. The van der Waals surface area contributed by atoms with Gasteiger partial charge in [-0.25, -0.2) is 14.4 Å². The van der Waals surface area contributed by atoms with Crippen molar-refractivity contribution in [1.29, 1.82) is 0 Å². The monoisotopic (exact) mass is 693 g/mol. The molecule has 2 atom stereocenters. The van der Waals surface area contributed by atoms with E-state index in [1.807, 2.05) is 33.8 Å². The molecule has 0 saturated heterocycles. The summed E-state index contributed by atoms with van der Waals surface area (Å²) in [4.78, 5) is 39.1. The molecule has 262 valence electrons. The van der Waals surface area contributed by atoms with Gasteiger partial charge in [0.25, 0.3) is 0 Å². The first kappa shape index (κ1) is 35.5. The van der Waals surface area contributed by atoms with Gasteiger partial charge in [-0.15, -0.1) is 11.3 Å². The molecular weight excluding hydrogens is 650 g/mol. The summed E-state index contributed by atoms with van der Waals surface area (Å²) in [5, 5.41) is 21.1. The van der Waals surface area contributed by atoms with Gasteiger partial charge in [0.1, 0.15) is 11.6 Å². The number of allylic oxidation sites excluding steroid dienone is 1. The fourth-order valence-corrected chi connectivity index (χ4v) is 7.66. The molecule has 0 radical (unpaired) electrons. The predicted octanol–water partition coefficient (Wildman–Crippen LogP) is 4.73. The first-order chi connectivity index (χ1) is 23.6. The van der Waals surface area contributed by atoms with Gasteiger partial charge >= 0.3 is 18.0 Å². The Morgan fingerprint density at radius 3 is 2.61 bits per heavy atom. The molecule has 1 aliphatic carbocycles. The number of amides is 2. The van der Waals surface area contributed by atoms with Crippen LogP contribution < -0.4 is 25.5 Å². The van der Waals surface area contributed by atoms with E-state index in [-0.39, 0.29) is 18.1 Å². The lowest BCUT2D eigenvalue weighted by molar-refractivity contribution is -0.136. The number of thiophene rings is 1. The number of methoxy groups -OCH3 is 1. The maximum absolute atomic E-state index is 13.1. The molecule has 0 spiro atoms. The molecule has 13 nitrogen and oxygen atoms in total. The van der Waals surface area contributed by atoms with Crippen molar-refractivity contribution in [3.8, 4) is 16.5 Å². The number of hydrogen-bond acceptors (Lipinski definition) is 11. The van der Waals surface area contributed by atoms with Gasteiger partial charge in [-0.05, 0) is 89.6 Å². The van der Waals surface area contributed by atoms with E-state index in [2.05, 4.69) is 25.7 Å². The molecule has 14 heteroatoms. The molecule has 0 bridgehead atoms. The van der Waals surface area contributed by atoms with E-state index in [0.717, 1.165) is 53.2 Å². The summed E-state index contributed by atoms with van der Waals surface area (Å²) in [6.45, 7) is 9.71. The van der Waals surface area contributed by atoms with Gasteiger partial charge in [0.2, 0.25) is 0 Å². The van der Waals surface area contributed by atoms with Gasteiger partial charge in [-0.2, -0.15) is 5.10 Å². The van der Waals surface area contributed by atoms with Crippen LogP contribution in [0.1, 0.15) is 83.0 Å². The molecule has 3 aromatic rings. The highest BCUT2D eigenvalue weighted by Crippen LogP contribution is 2.39. The minimum absolute atomic E-state index is 0.157. The standard InChI is InChI=1S/C35H43N5O8S/c1-7-46-26-16-22(31-29(33(42)45-6)20(4)37-35(44)38-31)13-14-25(26)48-18-28(41)39-36-17-23-15-19(3)40(21(23)5)32-30(34(43)47-8-2)24-11-9-10-12-27(24)49-32/h13-17,28,31,39,41H,7-12,18H2,1-6H3,(H2,37,38,44)/b36-17-/t28-,31-/m1/s1. The number of aliphatic hydroxyl groups is 1. The van der Waals surface area contributed by atoms with Crippen LogP contribution >= 0.6 is 11.3 Å². The highest BCUT2D eigenvalue weighted by atomic mass is 32.1. The lowest BCUT2D eigenvalue weighted by Gasteiger charge is -2.28. The number of esters is 2. The number of fused-ring (bicyclic) bond motifs is 1. The van der Waals surface area contributed by atoms with Crippen LogP contribution in [0, 0.1) is 13.8 Å². The number of aliphatic hydroxyl groups excluding tert-OH is 1. The maximum atomic E-state index is 13.1. The van der Waals surface area contributed by atoms with E-state index in [9.17, 15) is 19.5 Å². The summed E-state index contributed by atoms with van der Waals surface area (Å²) in [6.07, 6.45) is 4.47. The van der Waals surface area contributed by atoms with Crippen molar-refractivity contribution < 1.29 is 38.4 Å². The summed E-state index contributed by atoms with van der Waals surface area (Å²) < 4.78 is 24.1. The molecular formula is C35H43N5O8S. The summed E-state index contributed by atoms with van der Waals surface area (Å²) in [5.74, 6) is -0.134. The van der Waals surface area contributed by atoms with Crippen molar-refractivity contribution in [2.24, 2.45) is 5.10 Å². The van der Waals surface area contributed by atoms with Crippen LogP contribution in [0.4, 0.5) is 4.79 Å². The molecule has 3 heterocycles. The summed E-state index contributed by atoms with van der Waals surface area (Å²) in [7, 11) is 1.28. The molecule has 5 rings (SSSR count). The second-order valence-corrected chi connectivity index (χ2v) is 12.8. The fourth-order valence-electron chi connectivity index (χ4n) is 6.17. The van der Waals surface area contributed by atoms with Crippen molar-refractivity contribution in [2.45, 2.75) is 72.6 Å². The average Bonchev–Trinajstić information content (AvgIpc) is 3.59. The Bertz CT molecular complexity index is 1790. The number of benzene rings is 1. The van der Waals surface area contributed by atoms with Gasteiger partial charge in [0.05, 0.1) is 43.7 Å². The van der Waals surface area contributed by atoms with Gasteiger partial charge < -0.3 is 39.3 Å². The number of aromatic nitrogens is 1. The van der Waals surface area contributed by atoms with Crippen LogP contribution in [0.2, 0.25) is 0 Å². The highest BCUT2D eigenvalue weighted by Gasteiger charge is 2.33. The molecule has 49 heavy (non-hydrogen) atoms. The third-order valence-electron chi connectivity index (χ3n) is 8.40. The predicted molar refractivity (Wildman–Crippen MR) is 185 cm³/mol. The number of aryl methyl sites for hydroxylation is 2. The molecule has 1 aromatic carbocycles. The van der Waals surface area contributed by atoms with Gasteiger partial charge in [-0.3, -0.25) is 5.43 Å². The Hall–Kier alpha value is -4.82. The Morgan fingerprint density at radius 1 is 1.10 bits per heavy atom. The Labute approximate surface area is 289 Å². The normalized spacial score (nSPS) is 16.5. The van der Waals surface area contributed by atoms with Gasteiger partial charge in [0.15, 0.2) is 17.7 Å². The number of ether oxygens (including phenoxy) is 4. The van der Waals surface area contributed by atoms with E-state index in [4.69, 9.17) is 18.9 Å². The number of nitrogens with one attached hydrogen (secondary N) is 3. The highest BCUT2D eigenvalue weighted by molar-refractivity contribution is 7.15. The third-order valence-corrected chi connectivity index (χ3v) is 9.68. The number of carbonyl (C=O) groups is 3. The van der Waals surface area contributed by atoms with Crippen molar-refractivity contribution in [3.63, 3.8) is 0 Å². The van der Waals surface area contributed by atoms with E-state index >= 15 is 0 Å². The van der Waals surface area contributed by atoms with Crippen molar-refractivity contribution >= 4 is 35.5 Å².